The third-order valence-corrected chi connectivity index (χ3v) is 4.21. The molecule has 0 unspecified atom stereocenters. The average Bonchev–Trinajstić information content (AvgIpc) is 3.15. The molecule has 1 atom stereocenters. The van der Waals surface area contributed by atoms with Crippen molar-refractivity contribution in [3.8, 4) is 5.75 Å². The minimum absolute atomic E-state index is 0.00168. The average molecular weight is 344 g/mol. The number of nitrogens with one attached hydrogen (secondary N) is 1. The molecule has 1 fully saturated rings. The molecule has 0 bridgehead atoms. The summed E-state index contributed by atoms with van der Waals surface area (Å²) in [7, 11) is 0. The molecule has 1 aromatic carbocycles. The number of carbonyl (C=O) groups excluding carboxylic acids is 1. The molecule has 0 radical (unpaired) electrons. The minimum Gasteiger partial charge on any atom is -0.484 e. The highest BCUT2D eigenvalue weighted by Gasteiger charge is 2.25. The Morgan fingerprint density at radius 2 is 2.12 bits per heavy atom. The number of morpholine rings is 1. The first-order valence-electron chi connectivity index (χ1n) is 8.54. The van der Waals surface area contributed by atoms with Crippen molar-refractivity contribution in [3.05, 3.63) is 54.0 Å². The Hall–Kier alpha value is -2.31. The van der Waals surface area contributed by atoms with Crippen LogP contribution >= 0.6 is 0 Å². The van der Waals surface area contributed by atoms with E-state index in [2.05, 4.69) is 10.2 Å². The quantitative estimate of drug-likeness (QED) is 0.834. The molecule has 25 heavy (non-hydrogen) atoms. The SMILES string of the molecule is Cc1cccc(OCC(=O)NC[C@H](c2ccco2)N2CCOCC2)c1. The topological polar surface area (TPSA) is 63.9 Å². The van der Waals surface area contributed by atoms with Gasteiger partial charge in [-0.25, -0.2) is 0 Å². The van der Waals surface area contributed by atoms with Gasteiger partial charge in [0.1, 0.15) is 11.5 Å². The number of amides is 1. The maximum atomic E-state index is 12.1. The van der Waals surface area contributed by atoms with Crippen LogP contribution in [-0.2, 0) is 9.53 Å². The van der Waals surface area contributed by atoms with Crippen LogP contribution < -0.4 is 10.1 Å². The van der Waals surface area contributed by atoms with E-state index in [4.69, 9.17) is 13.9 Å². The minimum atomic E-state index is -0.147. The van der Waals surface area contributed by atoms with Gasteiger partial charge in [0.05, 0.1) is 25.5 Å². The zero-order chi connectivity index (χ0) is 17.5. The molecule has 1 saturated heterocycles. The van der Waals surface area contributed by atoms with E-state index >= 15 is 0 Å². The third-order valence-electron chi connectivity index (χ3n) is 4.21. The maximum absolute atomic E-state index is 12.1. The number of aryl methyl sites for hydroxylation is 1. The van der Waals surface area contributed by atoms with Crippen LogP contribution in [0.25, 0.3) is 0 Å². The first kappa shape index (κ1) is 17.5. The lowest BCUT2D eigenvalue weighted by Gasteiger charge is -2.33. The Morgan fingerprint density at radius 3 is 2.84 bits per heavy atom. The molecule has 1 N–H and O–H groups in total. The predicted molar refractivity (Wildman–Crippen MR) is 93.5 cm³/mol. The molecule has 0 saturated carbocycles. The van der Waals surface area contributed by atoms with E-state index in [1.54, 1.807) is 6.26 Å². The summed E-state index contributed by atoms with van der Waals surface area (Å²) in [6, 6.07) is 11.5. The van der Waals surface area contributed by atoms with Gasteiger partial charge in [0.25, 0.3) is 5.91 Å². The molecule has 2 heterocycles. The number of hydrogen-bond acceptors (Lipinski definition) is 5. The van der Waals surface area contributed by atoms with Crippen molar-refractivity contribution in [2.24, 2.45) is 0 Å². The second kappa shape index (κ2) is 8.69. The molecular weight excluding hydrogens is 320 g/mol. The molecule has 1 aromatic heterocycles. The lowest BCUT2D eigenvalue weighted by molar-refractivity contribution is -0.123. The van der Waals surface area contributed by atoms with Gasteiger partial charge in [-0.1, -0.05) is 12.1 Å². The first-order valence-corrected chi connectivity index (χ1v) is 8.54. The number of benzene rings is 1. The van der Waals surface area contributed by atoms with Crippen molar-refractivity contribution < 1.29 is 18.7 Å². The highest BCUT2D eigenvalue weighted by Crippen LogP contribution is 2.21. The van der Waals surface area contributed by atoms with Crippen molar-refractivity contribution in [3.63, 3.8) is 0 Å². The summed E-state index contributed by atoms with van der Waals surface area (Å²) in [4.78, 5) is 14.4. The van der Waals surface area contributed by atoms with Crippen LogP contribution in [0.1, 0.15) is 17.4 Å². The van der Waals surface area contributed by atoms with Crippen molar-refractivity contribution in [1.29, 1.82) is 0 Å². The van der Waals surface area contributed by atoms with Gasteiger partial charge in [0.2, 0.25) is 0 Å². The van der Waals surface area contributed by atoms with Crippen LogP contribution in [0, 0.1) is 6.92 Å². The van der Waals surface area contributed by atoms with Crippen molar-refractivity contribution in [2.75, 3.05) is 39.5 Å². The highest BCUT2D eigenvalue weighted by molar-refractivity contribution is 5.77. The molecule has 0 aliphatic carbocycles. The zero-order valence-corrected chi connectivity index (χ0v) is 14.4. The highest BCUT2D eigenvalue weighted by atomic mass is 16.5. The van der Waals surface area contributed by atoms with Crippen molar-refractivity contribution in [1.82, 2.24) is 10.2 Å². The first-order chi connectivity index (χ1) is 12.2. The molecule has 3 rings (SSSR count). The molecule has 2 aromatic rings. The molecule has 1 amide bonds. The fourth-order valence-corrected chi connectivity index (χ4v) is 2.90. The normalized spacial score (nSPS) is 16.4. The molecular formula is C19H24N2O4. The molecule has 6 heteroatoms. The van der Waals surface area contributed by atoms with Crippen molar-refractivity contribution >= 4 is 5.91 Å². The summed E-state index contributed by atoms with van der Waals surface area (Å²) >= 11 is 0. The van der Waals surface area contributed by atoms with E-state index in [0.29, 0.717) is 25.5 Å². The molecule has 6 nitrogen and oxygen atoms in total. The Balaban J connectivity index is 1.52. The van der Waals surface area contributed by atoms with E-state index in [0.717, 1.165) is 24.4 Å². The summed E-state index contributed by atoms with van der Waals surface area (Å²) in [6.07, 6.45) is 1.66. The fourth-order valence-electron chi connectivity index (χ4n) is 2.90. The number of furan rings is 1. The molecule has 1 aliphatic rings. The Morgan fingerprint density at radius 1 is 1.28 bits per heavy atom. The molecule has 1 aliphatic heterocycles. The largest absolute Gasteiger partial charge is 0.484 e. The second-order valence-corrected chi connectivity index (χ2v) is 6.09. The Labute approximate surface area is 147 Å². The number of nitrogens with zero attached hydrogens (tertiary/aromatic N) is 1. The Kier molecular flexibility index (Phi) is 6.09. The summed E-state index contributed by atoms with van der Waals surface area (Å²) in [5.41, 5.74) is 1.10. The van der Waals surface area contributed by atoms with Crippen LogP contribution in [0.4, 0.5) is 0 Å². The van der Waals surface area contributed by atoms with Crippen LogP contribution in [0.15, 0.2) is 47.1 Å². The van der Waals surface area contributed by atoms with Crippen LogP contribution in [0.3, 0.4) is 0 Å². The lowest BCUT2D eigenvalue weighted by atomic mass is 10.1. The standard InChI is InChI=1S/C19H24N2O4/c1-15-4-2-5-16(12-15)25-14-19(22)20-13-17(18-6-3-9-24-18)21-7-10-23-11-8-21/h2-6,9,12,17H,7-8,10-11,13-14H2,1H3,(H,20,22)/t17-/m1/s1. The Bertz CT molecular complexity index is 666. The van der Waals surface area contributed by atoms with E-state index in [9.17, 15) is 4.79 Å². The smallest absolute Gasteiger partial charge is 0.258 e. The van der Waals surface area contributed by atoms with E-state index in [-0.39, 0.29) is 18.6 Å². The lowest BCUT2D eigenvalue weighted by Crippen LogP contribution is -2.44. The van der Waals surface area contributed by atoms with Crippen molar-refractivity contribution in [2.45, 2.75) is 13.0 Å². The van der Waals surface area contributed by atoms with Gasteiger partial charge in [0, 0.05) is 19.6 Å². The summed E-state index contributed by atoms with van der Waals surface area (Å²) < 4.78 is 16.5. The van der Waals surface area contributed by atoms with E-state index in [1.165, 1.54) is 0 Å². The van der Waals surface area contributed by atoms with Gasteiger partial charge in [-0.15, -0.1) is 0 Å². The monoisotopic (exact) mass is 344 g/mol. The van der Waals surface area contributed by atoms with Gasteiger partial charge in [-0.2, -0.15) is 0 Å². The zero-order valence-electron chi connectivity index (χ0n) is 14.4. The van der Waals surface area contributed by atoms with Gasteiger partial charge in [-0.3, -0.25) is 9.69 Å². The summed E-state index contributed by atoms with van der Waals surface area (Å²) in [6.45, 7) is 5.50. The molecule has 134 valence electrons. The van der Waals surface area contributed by atoms with Gasteiger partial charge >= 0.3 is 0 Å². The number of rotatable bonds is 7. The molecule has 0 spiro atoms. The predicted octanol–water partition coefficient (Wildman–Crippen LogP) is 2.16. The van der Waals surface area contributed by atoms with E-state index in [1.807, 2.05) is 43.3 Å². The van der Waals surface area contributed by atoms with E-state index < -0.39 is 0 Å². The summed E-state index contributed by atoms with van der Waals surface area (Å²) in [5.74, 6) is 1.40. The number of hydrogen-bond donors (Lipinski definition) is 1. The second-order valence-electron chi connectivity index (χ2n) is 6.09. The summed E-state index contributed by atoms with van der Waals surface area (Å²) in [5, 5.41) is 2.95. The van der Waals surface area contributed by atoms with Crippen LogP contribution in [-0.4, -0.2) is 50.3 Å². The van der Waals surface area contributed by atoms with Gasteiger partial charge < -0.3 is 19.2 Å². The maximum Gasteiger partial charge on any atom is 0.258 e. The van der Waals surface area contributed by atoms with Gasteiger partial charge in [-0.05, 0) is 36.8 Å². The fraction of sp³-hybridized carbons (Fsp3) is 0.421. The van der Waals surface area contributed by atoms with Gasteiger partial charge in [0.15, 0.2) is 6.61 Å². The van der Waals surface area contributed by atoms with Crippen LogP contribution in [0.2, 0.25) is 0 Å². The number of ether oxygens (including phenoxy) is 2. The third kappa shape index (κ3) is 5.08. The number of carbonyl (C=O) groups is 1. The van der Waals surface area contributed by atoms with Crippen LogP contribution in [0.5, 0.6) is 5.75 Å².